The average molecular weight is 558 g/mol. The lowest BCUT2D eigenvalue weighted by molar-refractivity contribution is 1.34. The first-order valence-electron chi connectivity index (χ1n) is 15.4. The van der Waals surface area contributed by atoms with E-state index in [1.54, 1.807) is 0 Å². The maximum atomic E-state index is 4.89. The number of hydrogen-bond acceptors (Lipinski definition) is 1. The van der Waals surface area contributed by atoms with E-state index in [2.05, 4.69) is 135 Å². The number of fused-ring (bicyclic) bond motifs is 12. The van der Waals surface area contributed by atoms with Crippen LogP contribution in [0.1, 0.15) is 11.1 Å². The van der Waals surface area contributed by atoms with Crippen LogP contribution in [0.2, 0.25) is 0 Å². The molecule has 1 heteroatoms. The first-order chi connectivity index (χ1) is 21.7. The molecule has 44 heavy (non-hydrogen) atoms. The zero-order chi connectivity index (χ0) is 29.1. The van der Waals surface area contributed by atoms with Crippen molar-refractivity contribution in [1.82, 2.24) is 4.98 Å². The topological polar surface area (TPSA) is 12.9 Å². The molecule has 9 aromatic rings. The van der Waals surface area contributed by atoms with Crippen LogP contribution in [0.4, 0.5) is 0 Å². The summed E-state index contributed by atoms with van der Waals surface area (Å²) in [4.78, 5) is 4.89. The van der Waals surface area contributed by atoms with Crippen molar-refractivity contribution in [2.45, 2.75) is 13.8 Å². The summed E-state index contributed by atoms with van der Waals surface area (Å²) in [7, 11) is 0. The summed E-state index contributed by atoms with van der Waals surface area (Å²) in [6, 6.07) is 45.5. The van der Waals surface area contributed by atoms with Gasteiger partial charge in [-0.3, -0.25) is 4.98 Å². The number of aryl methyl sites for hydroxylation is 2. The highest BCUT2D eigenvalue weighted by molar-refractivity contribution is 6.30. The van der Waals surface area contributed by atoms with Gasteiger partial charge >= 0.3 is 0 Å². The maximum Gasteiger partial charge on any atom is 0.0787 e. The molecule has 0 N–H and O–H groups in total. The van der Waals surface area contributed by atoms with Crippen molar-refractivity contribution in [3.63, 3.8) is 0 Å². The van der Waals surface area contributed by atoms with Crippen molar-refractivity contribution >= 4 is 64.6 Å². The van der Waals surface area contributed by atoms with E-state index < -0.39 is 0 Å². The molecule has 0 amide bonds. The lowest BCUT2D eigenvalue weighted by Gasteiger charge is -2.17. The number of rotatable bonds is 1. The molecule has 0 unspecified atom stereocenters. The highest BCUT2D eigenvalue weighted by Gasteiger charge is 2.26. The SMILES string of the molecule is Cc1ccc2c(c1)c(-c1cccc3c1ccc1ccc4ccccc4c13)cc1c3ccc(C)c4c3c(cc21)-c1ncccc1-4. The summed E-state index contributed by atoms with van der Waals surface area (Å²) in [5.41, 5.74) is 10.1. The van der Waals surface area contributed by atoms with Crippen LogP contribution in [0.25, 0.3) is 98.1 Å². The van der Waals surface area contributed by atoms with E-state index in [-0.39, 0.29) is 0 Å². The summed E-state index contributed by atoms with van der Waals surface area (Å²) in [6.45, 7) is 4.43. The molecule has 0 fully saturated rings. The summed E-state index contributed by atoms with van der Waals surface area (Å²) < 4.78 is 0. The summed E-state index contributed by atoms with van der Waals surface area (Å²) in [5.74, 6) is 0. The second-order valence-corrected chi connectivity index (χ2v) is 12.4. The Bertz CT molecular complexity index is 2730. The van der Waals surface area contributed by atoms with Gasteiger partial charge in [-0.2, -0.15) is 0 Å². The summed E-state index contributed by atoms with van der Waals surface area (Å²) in [5, 5.41) is 15.6. The number of nitrogens with zero attached hydrogens (tertiary/aromatic N) is 1. The zero-order valence-corrected chi connectivity index (χ0v) is 24.6. The molecule has 8 aromatic carbocycles. The fourth-order valence-corrected chi connectivity index (χ4v) is 8.04. The molecule has 0 saturated carbocycles. The average Bonchev–Trinajstić information content (AvgIpc) is 3.40. The molecule has 1 heterocycles. The Hall–Kier alpha value is -5.53. The van der Waals surface area contributed by atoms with Crippen LogP contribution in [0, 0.1) is 13.8 Å². The van der Waals surface area contributed by atoms with E-state index in [4.69, 9.17) is 4.98 Å². The highest BCUT2D eigenvalue weighted by atomic mass is 14.7. The minimum atomic E-state index is 1.10. The van der Waals surface area contributed by atoms with Gasteiger partial charge in [-0.15, -0.1) is 0 Å². The standard InChI is InChI=1S/C43H27N/c1-24-12-17-31-35(21-24)36(29-9-5-10-32-30(29)19-16-27-15-14-26-7-3-4-8-28(26)41(27)32)22-38-33-18-13-25(2)40-34-11-6-20-44-43(34)39(42(33)40)23-37(31)38/h3-23H,1-2H3. The van der Waals surface area contributed by atoms with Crippen LogP contribution in [-0.4, -0.2) is 4.98 Å². The normalized spacial score (nSPS) is 12.3. The largest absolute Gasteiger partial charge is 0.256 e. The molecule has 0 radical (unpaired) electrons. The predicted molar refractivity (Wildman–Crippen MR) is 189 cm³/mol. The highest BCUT2D eigenvalue weighted by Crippen LogP contribution is 2.51. The van der Waals surface area contributed by atoms with Crippen LogP contribution in [0.15, 0.2) is 128 Å². The quantitative estimate of drug-likeness (QED) is 0.183. The third-order valence-corrected chi connectivity index (χ3v) is 9.98. The Morgan fingerprint density at radius 2 is 1.14 bits per heavy atom. The zero-order valence-electron chi connectivity index (χ0n) is 24.6. The molecule has 1 aromatic heterocycles. The predicted octanol–water partition coefficient (Wildman–Crippen LogP) is 11.9. The fraction of sp³-hybridized carbons (Fsp3) is 0.0465. The van der Waals surface area contributed by atoms with Crippen molar-refractivity contribution in [2.75, 3.05) is 0 Å². The molecular formula is C43H27N. The van der Waals surface area contributed by atoms with Gasteiger partial charge in [0, 0.05) is 17.3 Å². The first kappa shape index (κ1) is 24.0. The smallest absolute Gasteiger partial charge is 0.0787 e. The molecule has 10 rings (SSSR count). The minimum absolute atomic E-state index is 1.10. The van der Waals surface area contributed by atoms with Gasteiger partial charge in [-0.1, -0.05) is 109 Å². The fourth-order valence-electron chi connectivity index (χ4n) is 8.04. The van der Waals surface area contributed by atoms with Gasteiger partial charge in [0.05, 0.1) is 5.69 Å². The van der Waals surface area contributed by atoms with E-state index >= 15 is 0 Å². The van der Waals surface area contributed by atoms with Gasteiger partial charge in [-0.25, -0.2) is 0 Å². The van der Waals surface area contributed by atoms with Gasteiger partial charge in [0.15, 0.2) is 0 Å². The minimum Gasteiger partial charge on any atom is -0.256 e. The molecule has 0 bridgehead atoms. The lowest BCUT2D eigenvalue weighted by Crippen LogP contribution is -1.90. The van der Waals surface area contributed by atoms with Crippen molar-refractivity contribution in [3.05, 3.63) is 139 Å². The molecule has 0 atom stereocenters. The van der Waals surface area contributed by atoms with E-state index in [1.807, 2.05) is 6.20 Å². The van der Waals surface area contributed by atoms with Crippen LogP contribution in [0.5, 0.6) is 0 Å². The molecule has 1 aliphatic rings. The number of pyridine rings is 1. The van der Waals surface area contributed by atoms with Crippen LogP contribution >= 0.6 is 0 Å². The third kappa shape index (κ3) is 3.06. The third-order valence-electron chi connectivity index (χ3n) is 9.98. The molecule has 1 nitrogen and oxygen atoms in total. The van der Waals surface area contributed by atoms with Gasteiger partial charge in [0.2, 0.25) is 0 Å². The van der Waals surface area contributed by atoms with E-state index in [1.165, 1.54) is 104 Å². The summed E-state index contributed by atoms with van der Waals surface area (Å²) >= 11 is 0. The van der Waals surface area contributed by atoms with Gasteiger partial charge in [-0.05, 0) is 119 Å². The summed E-state index contributed by atoms with van der Waals surface area (Å²) in [6.07, 6.45) is 1.92. The Morgan fingerprint density at radius 1 is 0.409 bits per heavy atom. The lowest BCUT2D eigenvalue weighted by atomic mass is 9.86. The Morgan fingerprint density at radius 3 is 2.09 bits per heavy atom. The second-order valence-electron chi connectivity index (χ2n) is 12.4. The molecule has 1 aliphatic carbocycles. The number of benzene rings is 8. The molecule has 0 saturated heterocycles. The van der Waals surface area contributed by atoms with Gasteiger partial charge < -0.3 is 0 Å². The van der Waals surface area contributed by atoms with Gasteiger partial charge in [0.1, 0.15) is 0 Å². The second kappa shape index (κ2) is 8.52. The molecule has 0 aliphatic heterocycles. The molecular weight excluding hydrogens is 530 g/mol. The van der Waals surface area contributed by atoms with E-state index in [0.29, 0.717) is 0 Å². The monoisotopic (exact) mass is 557 g/mol. The molecule has 0 spiro atoms. The molecule has 204 valence electrons. The van der Waals surface area contributed by atoms with E-state index in [0.717, 1.165) is 5.69 Å². The van der Waals surface area contributed by atoms with Crippen molar-refractivity contribution in [1.29, 1.82) is 0 Å². The van der Waals surface area contributed by atoms with Crippen LogP contribution in [0.3, 0.4) is 0 Å². The maximum absolute atomic E-state index is 4.89. The first-order valence-corrected chi connectivity index (χ1v) is 15.4. The van der Waals surface area contributed by atoms with Crippen molar-refractivity contribution < 1.29 is 0 Å². The number of hydrogen-bond donors (Lipinski definition) is 0. The van der Waals surface area contributed by atoms with Crippen molar-refractivity contribution in [3.8, 4) is 33.5 Å². The van der Waals surface area contributed by atoms with Gasteiger partial charge in [0.25, 0.3) is 0 Å². The van der Waals surface area contributed by atoms with E-state index in [9.17, 15) is 0 Å². The van der Waals surface area contributed by atoms with Crippen LogP contribution in [-0.2, 0) is 0 Å². The Balaban J connectivity index is 1.38. The number of aromatic nitrogens is 1. The van der Waals surface area contributed by atoms with Crippen LogP contribution < -0.4 is 0 Å². The Labute approximate surface area is 255 Å². The van der Waals surface area contributed by atoms with Crippen molar-refractivity contribution in [2.24, 2.45) is 0 Å². The Kier molecular flexibility index (Phi) is 4.64.